The molecule has 0 aliphatic heterocycles. The van der Waals surface area contributed by atoms with Crippen LogP contribution in [0, 0.1) is 0 Å². The second-order valence-corrected chi connectivity index (χ2v) is 12.7. The molecule has 0 fully saturated rings. The number of benzene rings is 5. The van der Waals surface area contributed by atoms with Crippen molar-refractivity contribution in [2.75, 3.05) is 0 Å². The molecule has 0 saturated heterocycles. The van der Waals surface area contributed by atoms with Crippen LogP contribution >= 0.6 is 22.7 Å². The van der Waals surface area contributed by atoms with Crippen molar-refractivity contribution in [1.82, 2.24) is 9.97 Å². The van der Waals surface area contributed by atoms with Crippen molar-refractivity contribution in [1.29, 1.82) is 0 Å². The van der Waals surface area contributed by atoms with Gasteiger partial charge in [-0.15, -0.1) is 22.7 Å². The summed E-state index contributed by atoms with van der Waals surface area (Å²) in [6.07, 6.45) is 2.50. The molecule has 2 heterocycles. The highest BCUT2D eigenvalue weighted by molar-refractivity contribution is 7.23. The van der Waals surface area contributed by atoms with E-state index in [1.54, 1.807) is 22.7 Å². The molecule has 0 atom stereocenters. The lowest BCUT2D eigenvalue weighted by Gasteiger charge is -2.33. The number of thiazole rings is 2. The zero-order chi connectivity index (χ0) is 29.8. The Morgan fingerprint density at radius 2 is 1.16 bits per heavy atom. The maximum absolute atomic E-state index is 4.97. The maximum atomic E-state index is 4.97. The summed E-state index contributed by atoms with van der Waals surface area (Å²) in [6.45, 7) is 8.50. The van der Waals surface area contributed by atoms with Crippen LogP contribution in [0.25, 0.3) is 42.1 Å². The van der Waals surface area contributed by atoms with Crippen LogP contribution in [0.5, 0.6) is 0 Å². The molecule has 2 nitrogen and oxygen atoms in total. The molecule has 1 aliphatic rings. The summed E-state index contributed by atoms with van der Waals surface area (Å²) in [7, 11) is 0. The summed E-state index contributed by atoms with van der Waals surface area (Å²) in [5.74, 6) is 0. The third kappa shape index (κ3) is 4.99. The van der Waals surface area contributed by atoms with E-state index in [2.05, 4.69) is 148 Å². The Morgan fingerprint density at radius 3 is 1.79 bits per heavy atom. The molecule has 4 heteroatoms. The zero-order valence-corrected chi connectivity index (χ0v) is 26.8. The van der Waals surface area contributed by atoms with E-state index in [0.717, 1.165) is 26.3 Å². The molecule has 0 spiro atoms. The average molecular weight is 597 g/mol. The van der Waals surface area contributed by atoms with Gasteiger partial charge in [-0.25, -0.2) is 9.97 Å². The third-order valence-corrected chi connectivity index (χ3v) is 9.50. The van der Waals surface area contributed by atoms with Crippen molar-refractivity contribution in [2.45, 2.75) is 46.0 Å². The second kappa shape index (κ2) is 12.6. The number of hydrogen-bond donors (Lipinski definition) is 0. The molecule has 7 aromatic rings. The van der Waals surface area contributed by atoms with E-state index >= 15 is 0 Å². The van der Waals surface area contributed by atoms with Crippen LogP contribution in [-0.2, 0) is 5.41 Å². The van der Waals surface area contributed by atoms with E-state index in [9.17, 15) is 0 Å². The summed E-state index contributed by atoms with van der Waals surface area (Å²) in [6, 6.07) is 41.9. The van der Waals surface area contributed by atoms with Gasteiger partial charge >= 0.3 is 0 Å². The smallest absolute Gasteiger partial charge is 0.124 e. The van der Waals surface area contributed by atoms with Gasteiger partial charge < -0.3 is 0 Å². The van der Waals surface area contributed by atoms with Crippen molar-refractivity contribution in [3.05, 3.63) is 143 Å². The molecule has 0 amide bonds. The van der Waals surface area contributed by atoms with Gasteiger partial charge in [0.1, 0.15) is 10.5 Å². The first-order valence-electron chi connectivity index (χ1n) is 15.2. The first-order chi connectivity index (χ1) is 21.2. The van der Waals surface area contributed by atoms with Gasteiger partial charge in [0.2, 0.25) is 0 Å². The molecule has 0 bridgehead atoms. The molecule has 0 radical (unpaired) electrons. The Bertz CT molecular complexity index is 1920. The van der Waals surface area contributed by atoms with E-state index in [-0.39, 0.29) is 5.41 Å². The Kier molecular flexibility index (Phi) is 8.51. The van der Waals surface area contributed by atoms with Crippen LogP contribution in [0.4, 0.5) is 0 Å². The van der Waals surface area contributed by atoms with Gasteiger partial charge in [-0.3, -0.25) is 0 Å². The Balaban J connectivity index is 0.000000510. The van der Waals surface area contributed by atoms with Crippen molar-refractivity contribution < 1.29 is 0 Å². The molecule has 1 aliphatic carbocycles. The monoisotopic (exact) mass is 596 g/mol. The molecule has 0 saturated carbocycles. The summed E-state index contributed by atoms with van der Waals surface area (Å²) in [5.41, 5.74) is 12.6. The summed E-state index contributed by atoms with van der Waals surface area (Å²) >= 11 is 3.41. The SMILES string of the molecule is CCC.CCC.c1ccc(C2(c3ccc(-c4nc5ccc6scnc6c5s4)cc3)c3ccccc3-c3ccccc32)cc1. The number of hydrogen-bond acceptors (Lipinski definition) is 4. The van der Waals surface area contributed by atoms with Crippen LogP contribution in [0.1, 0.15) is 62.8 Å². The Hall–Kier alpha value is -4.12. The van der Waals surface area contributed by atoms with Crippen LogP contribution in [0.2, 0.25) is 0 Å². The minimum absolute atomic E-state index is 0.368. The standard InChI is InChI=1S/C33H20N2S2.2C3H8/c1-2-8-22(9-3-1)33(26-12-6-4-10-24(26)25-11-5-7-13-27(25)33)23-16-14-21(15-17-23)32-35-28-18-19-29-30(31(28)37-32)34-20-36-29;2*1-3-2/h1-20H;2*3H2,1-2H3. The van der Waals surface area contributed by atoms with E-state index in [4.69, 9.17) is 4.98 Å². The van der Waals surface area contributed by atoms with Crippen molar-refractivity contribution in [3.8, 4) is 21.7 Å². The van der Waals surface area contributed by atoms with Crippen molar-refractivity contribution in [3.63, 3.8) is 0 Å². The molecule has 43 heavy (non-hydrogen) atoms. The van der Waals surface area contributed by atoms with E-state index in [1.807, 2.05) is 5.51 Å². The van der Waals surface area contributed by atoms with Crippen LogP contribution in [-0.4, -0.2) is 9.97 Å². The van der Waals surface area contributed by atoms with Crippen LogP contribution < -0.4 is 0 Å². The van der Waals surface area contributed by atoms with Crippen molar-refractivity contribution >= 4 is 43.1 Å². The lowest BCUT2D eigenvalue weighted by Crippen LogP contribution is -2.28. The van der Waals surface area contributed by atoms with Gasteiger partial charge in [-0.2, -0.15) is 0 Å². The predicted octanol–water partition coefficient (Wildman–Crippen LogP) is 11.8. The van der Waals surface area contributed by atoms with Gasteiger partial charge in [0, 0.05) is 5.56 Å². The van der Waals surface area contributed by atoms with Gasteiger partial charge in [0.25, 0.3) is 0 Å². The fourth-order valence-electron chi connectivity index (χ4n) is 6.01. The summed E-state index contributed by atoms with van der Waals surface area (Å²) in [4.78, 5) is 9.56. The summed E-state index contributed by atoms with van der Waals surface area (Å²) in [5, 5.41) is 1.03. The van der Waals surface area contributed by atoms with Crippen LogP contribution in [0.3, 0.4) is 0 Å². The topological polar surface area (TPSA) is 25.8 Å². The predicted molar refractivity (Wildman–Crippen MR) is 187 cm³/mol. The Labute approximate surface area is 262 Å². The van der Waals surface area contributed by atoms with Crippen molar-refractivity contribution in [2.24, 2.45) is 0 Å². The lowest BCUT2D eigenvalue weighted by atomic mass is 9.67. The van der Waals surface area contributed by atoms with E-state index in [1.165, 1.54) is 50.9 Å². The minimum atomic E-state index is -0.368. The molecule has 0 unspecified atom stereocenters. The average Bonchev–Trinajstić information content (AvgIpc) is 3.77. The number of aromatic nitrogens is 2. The first kappa shape index (κ1) is 29.0. The number of nitrogens with zero attached hydrogens (tertiary/aromatic N) is 2. The van der Waals surface area contributed by atoms with E-state index in [0.29, 0.717) is 0 Å². The molecular formula is C39H36N2S2. The second-order valence-electron chi connectivity index (χ2n) is 10.8. The number of rotatable bonds is 3. The van der Waals surface area contributed by atoms with Gasteiger partial charge in [0.15, 0.2) is 0 Å². The normalized spacial score (nSPS) is 12.6. The molecule has 8 rings (SSSR count). The molecular weight excluding hydrogens is 561 g/mol. The summed E-state index contributed by atoms with van der Waals surface area (Å²) < 4.78 is 2.37. The molecule has 0 N–H and O–H groups in total. The molecule has 5 aromatic carbocycles. The zero-order valence-electron chi connectivity index (χ0n) is 25.2. The largest absolute Gasteiger partial charge is 0.243 e. The fourth-order valence-corrected chi connectivity index (χ4v) is 7.83. The highest BCUT2D eigenvalue weighted by Crippen LogP contribution is 2.56. The quantitative estimate of drug-likeness (QED) is 0.203. The highest BCUT2D eigenvalue weighted by Gasteiger charge is 2.45. The third-order valence-electron chi connectivity index (χ3n) is 7.58. The van der Waals surface area contributed by atoms with Gasteiger partial charge in [-0.1, -0.05) is 144 Å². The molecule has 214 valence electrons. The van der Waals surface area contributed by atoms with E-state index < -0.39 is 0 Å². The molecule has 2 aromatic heterocycles. The number of fused-ring (bicyclic) bond motifs is 6. The highest BCUT2D eigenvalue weighted by atomic mass is 32.1. The minimum Gasteiger partial charge on any atom is -0.243 e. The fraction of sp³-hybridized carbons (Fsp3) is 0.179. The van der Waals surface area contributed by atoms with Gasteiger partial charge in [0.05, 0.1) is 25.8 Å². The first-order valence-corrected chi connectivity index (χ1v) is 16.8. The lowest BCUT2D eigenvalue weighted by molar-refractivity contribution is 0.768. The maximum Gasteiger partial charge on any atom is 0.124 e. The van der Waals surface area contributed by atoms with Crippen LogP contribution in [0.15, 0.2) is 121 Å². The van der Waals surface area contributed by atoms with Gasteiger partial charge in [-0.05, 0) is 45.5 Å². The Morgan fingerprint density at radius 1 is 0.605 bits per heavy atom.